The zero-order chi connectivity index (χ0) is 12.6. The fourth-order valence-corrected chi connectivity index (χ4v) is 3.00. The molecule has 96 valence electrons. The summed E-state index contributed by atoms with van der Waals surface area (Å²) in [5.74, 6) is 0.319. The lowest BCUT2D eigenvalue weighted by atomic mass is 10.0. The van der Waals surface area contributed by atoms with Gasteiger partial charge in [-0.3, -0.25) is 0 Å². The molecule has 0 saturated carbocycles. The van der Waals surface area contributed by atoms with E-state index in [4.69, 9.17) is 0 Å². The maximum Gasteiger partial charge on any atom is 0.434 e. The Morgan fingerprint density at radius 3 is 2.41 bits per heavy atom. The van der Waals surface area contributed by atoms with Crippen molar-refractivity contribution >= 4 is 11.3 Å². The maximum atomic E-state index is 12.8. The van der Waals surface area contributed by atoms with E-state index in [9.17, 15) is 13.2 Å². The fourth-order valence-electron chi connectivity index (χ4n) is 1.80. The molecule has 1 N–H and O–H groups in total. The lowest BCUT2D eigenvalue weighted by Crippen LogP contribution is -2.43. The van der Waals surface area contributed by atoms with Crippen LogP contribution in [-0.4, -0.2) is 18.1 Å². The average Bonchev–Trinajstić information content (AvgIpc) is 2.54. The third-order valence-electron chi connectivity index (χ3n) is 2.82. The Morgan fingerprint density at radius 2 is 2.06 bits per heavy atom. The molecule has 2 heterocycles. The van der Waals surface area contributed by atoms with Crippen LogP contribution in [0.5, 0.6) is 0 Å². The van der Waals surface area contributed by atoms with Gasteiger partial charge < -0.3 is 5.32 Å². The van der Waals surface area contributed by atoms with E-state index >= 15 is 0 Å². The second-order valence-electron chi connectivity index (χ2n) is 4.70. The van der Waals surface area contributed by atoms with Crippen LogP contribution in [-0.2, 0) is 12.6 Å². The average molecular weight is 264 g/mol. The highest BCUT2D eigenvalue weighted by molar-refractivity contribution is 7.11. The normalized spacial score (nSPS) is 17.5. The van der Waals surface area contributed by atoms with Crippen molar-refractivity contribution in [3.63, 3.8) is 0 Å². The minimum absolute atomic E-state index is 0.127. The van der Waals surface area contributed by atoms with Crippen LogP contribution >= 0.6 is 11.3 Å². The monoisotopic (exact) mass is 264 g/mol. The molecule has 1 aromatic heterocycles. The van der Waals surface area contributed by atoms with E-state index in [1.54, 1.807) is 13.8 Å². The van der Waals surface area contributed by atoms with Crippen LogP contribution in [0.3, 0.4) is 0 Å². The molecule has 0 spiro atoms. The number of thiazole rings is 1. The first kappa shape index (κ1) is 12.8. The Labute approximate surface area is 102 Å². The van der Waals surface area contributed by atoms with Crippen LogP contribution in [0.25, 0.3) is 0 Å². The molecule has 1 aliphatic rings. The first-order chi connectivity index (χ1) is 7.88. The largest absolute Gasteiger partial charge is 0.434 e. The maximum absolute atomic E-state index is 12.8. The summed E-state index contributed by atoms with van der Waals surface area (Å²) in [6, 6.07) is 0. The second-order valence-corrected chi connectivity index (χ2v) is 5.82. The van der Waals surface area contributed by atoms with Crippen molar-refractivity contribution < 1.29 is 13.2 Å². The molecule has 0 atom stereocenters. The van der Waals surface area contributed by atoms with Crippen molar-refractivity contribution in [2.24, 2.45) is 5.92 Å². The van der Waals surface area contributed by atoms with Gasteiger partial charge in [0.15, 0.2) is 5.69 Å². The number of hydrogen-bond acceptors (Lipinski definition) is 3. The summed E-state index contributed by atoms with van der Waals surface area (Å²) in [6.45, 7) is 5.32. The van der Waals surface area contributed by atoms with Gasteiger partial charge in [-0.1, -0.05) is 13.8 Å². The molecule has 2 nitrogen and oxygen atoms in total. The number of alkyl halides is 3. The molecule has 17 heavy (non-hydrogen) atoms. The van der Waals surface area contributed by atoms with E-state index in [1.165, 1.54) is 11.3 Å². The van der Waals surface area contributed by atoms with Crippen LogP contribution in [0, 0.1) is 5.92 Å². The van der Waals surface area contributed by atoms with Crippen molar-refractivity contribution in [1.82, 2.24) is 10.3 Å². The molecule has 1 fully saturated rings. The minimum Gasteiger partial charge on any atom is -0.316 e. The number of nitrogens with one attached hydrogen (secondary N) is 1. The van der Waals surface area contributed by atoms with Crippen molar-refractivity contribution in [2.75, 3.05) is 13.1 Å². The lowest BCUT2D eigenvalue weighted by Gasteiger charge is -2.25. The van der Waals surface area contributed by atoms with Gasteiger partial charge in [0, 0.05) is 11.3 Å². The topological polar surface area (TPSA) is 24.9 Å². The zero-order valence-electron chi connectivity index (χ0n) is 9.77. The summed E-state index contributed by atoms with van der Waals surface area (Å²) in [7, 11) is 0. The van der Waals surface area contributed by atoms with E-state index < -0.39 is 11.9 Å². The molecule has 1 aliphatic heterocycles. The van der Waals surface area contributed by atoms with Crippen LogP contribution in [0.2, 0.25) is 0 Å². The molecule has 0 bridgehead atoms. The highest BCUT2D eigenvalue weighted by Crippen LogP contribution is 2.38. The third-order valence-corrected chi connectivity index (χ3v) is 4.20. The summed E-state index contributed by atoms with van der Waals surface area (Å²) >= 11 is 1.21. The van der Waals surface area contributed by atoms with E-state index in [-0.39, 0.29) is 5.92 Å². The molecule has 0 amide bonds. The Kier molecular flexibility index (Phi) is 3.45. The molecule has 2 rings (SSSR count). The summed E-state index contributed by atoms with van der Waals surface area (Å²) < 4.78 is 38.4. The highest BCUT2D eigenvalue weighted by atomic mass is 32.1. The number of halogens is 3. The molecule has 1 saturated heterocycles. The quantitative estimate of drug-likeness (QED) is 0.907. The second kappa shape index (κ2) is 4.57. The Balaban J connectivity index is 2.23. The highest BCUT2D eigenvalue weighted by Gasteiger charge is 2.38. The van der Waals surface area contributed by atoms with Gasteiger partial charge in [0.05, 0.1) is 5.01 Å². The minimum atomic E-state index is -4.33. The van der Waals surface area contributed by atoms with Crippen LogP contribution in [0.4, 0.5) is 13.2 Å². The first-order valence-corrected chi connectivity index (χ1v) is 6.47. The molecule has 0 unspecified atom stereocenters. The van der Waals surface area contributed by atoms with Crippen molar-refractivity contribution in [3.8, 4) is 0 Å². The number of nitrogens with zero attached hydrogens (tertiary/aromatic N) is 1. The standard InChI is InChI=1S/C11H15F3N2S/c1-6(2)9-10(11(12,13)14)16-8(17-9)3-7-4-15-5-7/h6-7,15H,3-5H2,1-2H3. The van der Waals surface area contributed by atoms with Gasteiger partial charge in [0.25, 0.3) is 0 Å². The smallest absolute Gasteiger partial charge is 0.316 e. The van der Waals surface area contributed by atoms with Gasteiger partial charge >= 0.3 is 6.18 Å². The number of hydrogen-bond donors (Lipinski definition) is 1. The van der Waals surface area contributed by atoms with Gasteiger partial charge in [-0.2, -0.15) is 13.2 Å². The summed E-state index contributed by atoms with van der Waals surface area (Å²) in [5, 5.41) is 3.73. The van der Waals surface area contributed by atoms with Gasteiger partial charge in [-0.15, -0.1) is 11.3 Å². The molecular weight excluding hydrogens is 249 g/mol. The fraction of sp³-hybridized carbons (Fsp3) is 0.727. The van der Waals surface area contributed by atoms with Gasteiger partial charge in [0.1, 0.15) is 0 Å². The Hall–Kier alpha value is -0.620. The summed E-state index contributed by atoms with van der Waals surface area (Å²) in [4.78, 5) is 4.15. The van der Waals surface area contributed by atoms with Crippen molar-refractivity contribution in [3.05, 3.63) is 15.6 Å². The predicted octanol–water partition coefficient (Wildman–Crippen LogP) is 3.05. The number of aromatic nitrogens is 1. The van der Waals surface area contributed by atoms with Crippen LogP contribution in [0.1, 0.15) is 35.3 Å². The van der Waals surface area contributed by atoms with Crippen LogP contribution < -0.4 is 5.32 Å². The molecule has 1 aromatic rings. The third kappa shape index (κ3) is 2.80. The summed E-state index contributed by atoms with van der Waals surface area (Å²) in [6.07, 6.45) is -3.67. The predicted molar refractivity (Wildman–Crippen MR) is 61.3 cm³/mol. The van der Waals surface area contributed by atoms with Gasteiger partial charge in [-0.05, 0) is 24.9 Å². The van der Waals surface area contributed by atoms with Crippen molar-refractivity contribution in [2.45, 2.75) is 32.4 Å². The molecule has 6 heteroatoms. The van der Waals surface area contributed by atoms with Crippen LogP contribution in [0.15, 0.2) is 0 Å². The van der Waals surface area contributed by atoms with E-state index in [2.05, 4.69) is 10.3 Å². The molecular formula is C11H15F3N2S. The zero-order valence-corrected chi connectivity index (χ0v) is 10.6. The van der Waals surface area contributed by atoms with E-state index in [0.717, 1.165) is 13.1 Å². The molecule has 0 aliphatic carbocycles. The molecule has 0 aromatic carbocycles. The number of rotatable bonds is 3. The van der Waals surface area contributed by atoms with Gasteiger partial charge in [0.2, 0.25) is 0 Å². The van der Waals surface area contributed by atoms with Gasteiger partial charge in [-0.25, -0.2) is 4.98 Å². The first-order valence-electron chi connectivity index (χ1n) is 5.65. The molecule has 0 radical (unpaired) electrons. The summed E-state index contributed by atoms with van der Waals surface area (Å²) in [5.41, 5.74) is -0.681. The Bertz CT molecular complexity index is 394. The lowest BCUT2D eigenvalue weighted by molar-refractivity contribution is -0.141. The van der Waals surface area contributed by atoms with Crippen molar-refractivity contribution in [1.29, 1.82) is 0 Å². The Morgan fingerprint density at radius 1 is 1.41 bits per heavy atom. The SMILES string of the molecule is CC(C)c1sc(CC2CNC2)nc1C(F)(F)F. The van der Waals surface area contributed by atoms with E-state index in [0.29, 0.717) is 22.2 Å². The van der Waals surface area contributed by atoms with E-state index in [1.807, 2.05) is 0 Å².